The predicted octanol–water partition coefficient (Wildman–Crippen LogP) is 4.21. The number of hydrogen-bond donors (Lipinski definition) is 0. The highest BCUT2D eigenvalue weighted by Gasteiger charge is 2.28. The molecule has 1 aliphatic rings. The number of halogens is 1. The monoisotopic (exact) mass is 378 g/mol. The summed E-state index contributed by atoms with van der Waals surface area (Å²) in [4.78, 5) is 27.9. The van der Waals surface area contributed by atoms with Gasteiger partial charge in [0.25, 0.3) is 5.91 Å². The summed E-state index contributed by atoms with van der Waals surface area (Å²) in [5.74, 6) is 0.156. The molecule has 1 saturated heterocycles. The highest BCUT2D eigenvalue weighted by molar-refractivity contribution is 6.30. The van der Waals surface area contributed by atoms with Crippen molar-refractivity contribution in [1.29, 1.82) is 0 Å². The molecule has 1 atom stereocenters. The third-order valence-corrected chi connectivity index (χ3v) is 5.06. The van der Waals surface area contributed by atoms with E-state index in [9.17, 15) is 4.79 Å². The second-order valence-electron chi connectivity index (χ2n) is 6.63. The van der Waals surface area contributed by atoms with Gasteiger partial charge in [0.2, 0.25) is 0 Å². The molecule has 0 radical (unpaired) electrons. The Labute approximate surface area is 163 Å². The molecule has 0 unspecified atom stereocenters. The number of carbonyl (C=O) groups is 1. The first-order valence-electron chi connectivity index (χ1n) is 8.98. The fourth-order valence-electron chi connectivity index (χ4n) is 3.56. The van der Waals surface area contributed by atoms with Crippen molar-refractivity contribution < 1.29 is 4.79 Å². The second kappa shape index (κ2) is 7.84. The van der Waals surface area contributed by atoms with Crippen LogP contribution < -0.4 is 0 Å². The standard InChI is InChI=1S/C21H19ClN4O/c22-18-7-1-4-15(12-18)19-20(25-10-9-24-19)17-6-3-11-26(14-17)21(27)16-5-2-8-23-13-16/h1-2,4-5,7-10,12-13,17H,3,6,11,14H2/t17-/m0/s1. The Bertz CT molecular complexity index is 948. The molecule has 0 aliphatic carbocycles. The molecule has 0 saturated carbocycles. The predicted molar refractivity (Wildman–Crippen MR) is 105 cm³/mol. The van der Waals surface area contributed by atoms with Crippen LogP contribution in [0.3, 0.4) is 0 Å². The SMILES string of the molecule is O=C(c1cccnc1)N1CCC[C@H](c2nccnc2-c2cccc(Cl)c2)C1. The first-order valence-corrected chi connectivity index (χ1v) is 9.36. The van der Waals surface area contributed by atoms with Crippen LogP contribution in [0.1, 0.15) is 34.8 Å². The van der Waals surface area contributed by atoms with Crippen molar-refractivity contribution >= 4 is 17.5 Å². The number of rotatable bonds is 3. The van der Waals surface area contributed by atoms with Gasteiger partial charge in [0.1, 0.15) is 0 Å². The molecule has 2 aromatic heterocycles. The molecule has 27 heavy (non-hydrogen) atoms. The van der Waals surface area contributed by atoms with Crippen molar-refractivity contribution in [3.8, 4) is 11.3 Å². The Morgan fingerprint density at radius 2 is 2.00 bits per heavy atom. The molecule has 4 rings (SSSR count). The van der Waals surface area contributed by atoms with Gasteiger partial charge in [-0.05, 0) is 37.1 Å². The van der Waals surface area contributed by atoms with Gasteiger partial charge in [-0.1, -0.05) is 23.7 Å². The Hall–Kier alpha value is -2.79. The molecular weight excluding hydrogens is 360 g/mol. The zero-order valence-corrected chi connectivity index (χ0v) is 15.5. The van der Waals surface area contributed by atoms with Gasteiger partial charge in [0.05, 0.1) is 17.0 Å². The summed E-state index contributed by atoms with van der Waals surface area (Å²) in [5, 5.41) is 0.668. The lowest BCUT2D eigenvalue weighted by Crippen LogP contribution is -2.39. The second-order valence-corrected chi connectivity index (χ2v) is 7.07. The number of benzene rings is 1. The quantitative estimate of drug-likeness (QED) is 0.685. The highest BCUT2D eigenvalue weighted by atomic mass is 35.5. The van der Waals surface area contributed by atoms with Crippen molar-refractivity contribution in [2.24, 2.45) is 0 Å². The van der Waals surface area contributed by atoms with Crippen LogP contribution in [0.25, 0.3) is 11.3 Å². The number of carbonyl (C=O) groups excluding carboxylic acids is 1. The number of piperidine rings is 1. The van der Waals surface area contributed by atoms with Gasteiger partial charge < -0.3 is 4.90 Å². The summed E-state index contributed by atoms with van der Waals surface area (Å²) in [6, 6.07) is 11.2. The van der Waals surface area contributed by atoms with Gasteiger partial charge in [0.15, 0.2) is 0 Å². The summed E-state index contributed by atoms with van der Waals surface area (Å²) in [7, 11) is 0. The number of pyridine rings is 1. The van der Waals surface area contributed by atoms with Gasteiger partial charge in [-0.3, -0.25) is 19.7 Å². The number of likely N-dealkylation sites (tertiary alicyclic amines) is 1. The average molecular weight is 379 g/mol. The minimum absolute atomic E-state index is 0.0148. The number of nitrogens with zero attached hydrogens (tertiary/aromatic N) is 4. The van der Waals surface area contributed by atoms with E-state index in [-0.39, 0.29) is 11.8 Å². The van der Waals surface area contributed by atoms with Crippen LogP contribution in [0.2, 0.25) is 5.02 Å². The summed E-state index contributed by atoms with van der Waals surface area (Å²) in [6.45, 7) is 1.37. The van der Waals surface area contributed by atoms with Gasteiger partial charge in [-0.2, -0.15) is 0 Å². The molecular formula is C21H19ClN4O. The topological polar surface area (TPSA) is 59.0 Å². The summed E-state index contributed by atoms with van der Waals surface area (Å²) in [6.07, 6.45) is 8.61. The molecule has 6 heteroatoms. The lowest BCUT2D eigenvalue weighted by Gasteiger charge is -2.33. The normalized spacial score (nSPS) is 16.9. The molecule has 3 heterocycles. The van der Waals surface area contributed by atoms with Crippen molar-refractivity contribution in [2.75, 3.05) is 13.1 Å². The maximum absolute atomic E-state index is 12.8. The Morgan fingerprint density at radius 3 is 2.81 bits per heavy atom. The maximum atomic E-state index is 12.8. The van der Waals surface area contributed by atoms with E-state index in [0.717, 1.165) is 36.3 Å². The molecule has 1 fully saturated rings. The maximum Gasteiger partial charge on any atom is 0.255 e. The van der Waals surface area contributed by atoms with Gasteiger partial charge >= 0.3 is 0 Å². The van der Waals surface area contributed by atoms with E-state index in [1.165, 1.54) is 0 Å². The van der Waals surface area contributed by atoms with Crippen LogP contribution in [-0.2, 0) is 0 Å². The minimum Gasteiger partial charge on any atom is -0.338 e. The molecule has 1 aliphatic heterocycles. The van der Waals surface area contributed by atoms with Crippen LogP contribution in [0, 0.1) is 0 Å². The molecule has 5 nitrogen and oxygen atoms in total. The van der Waals surface area contributed by atoms with Gasteiger partial charge in [-0.25, -0.2) is 0 Å². The zero-order chi connectivity index (χ0) is 18.6. The summed E-state index contributed by atoms with van der Waals surface area (Å²) < 4.78 is 0. The fourth-order valence-corrected chi connectivity index (χ4v) is 3.75. The first-order chi connectivity index (χ1) is 13.2. The van der Waals surface area contributed by atoms with Crippen molar-refractivity contribution in [1.82, 2.24) is 19.9 Å². The van der Waals surface area contributed by atoms with E-state index >= 15 is 0 Å². The largest absolute Gasteiger partial charge is 0.338 e. The molecule has 1 amide bonds. The Morgan fingerprint density at radius 1 is 1.11 bits per heavy atom. The number of aromatic nitrogens is 3. The lowest BCUT2D eigenvalue weighted by atomic mass is 9.91. The van der Waals surface area contributed by atoms with Crippen LogP contribution in [0.15, 0.2) is 61.2 Å². The summed E-state index contributed by atoms with van der Waals surface area (Å²) >= 11 is 6.16. The molecule has 0 spiro atoms. The average Bonchev–Trinajstić information content (AvgIpc) is 2.74. The number of amides is 1. The van der Waals surface area contributed by atoms with Crippen molar-refractivity contribution in [2.45, 2.75) is 18.8 Å². The first kappa shape index (κ1) is 17.6. The highest BCUT2D eigenvalue weighted by Crippen LogP contribution is 2.32. The van der Waals surface area contributed by atoms with Crippen molar-refractivity contribution in [3.63, 3.8) is 0 Å². The smallest absolute Gasteiger partial charge is 0.255 e. The molecule has 1 aromatic carbocycles. The van der Waals surface area contributed by atoms with E-state index < -0.39 is 0 Å². The third kappa shape index (κ3) is 3.83. The molecule has 3 aromatic rings. The Kier molecular flexibility index (Phi) is 5.12. The lowest BCUT2D eigenvalue weighted by molar-refractivity contribution is 0.0705. The van der Waals surface area contributed by atoms with E-state index in [4.69, 9.17) is 11.6 Å². The van der Waals surface area contributed by atoms with Gasteiger partial charge in [0, 0.05) is 54.4 Å². The molecule has 0 bridgehead atoms. The molecule has 136 valence electrons. The van der Waals surface area contributed by atoms with E-state index in [0.29, 0.717) is 17.1 Å². The summed E-state index contributed by atoms with van der Waals surface area (Å²) in [5.41, 5.74) is 3.32. The van der Waals surface area contributed by atoms with E-state index in [1.54, 1.807) is 36.9 Å². The van der Waals surface area contributed by atoms with Crippen LogP contribution in [0.5, 0.6) is 0 Å². The molecule has 0 N–H and O–H groups in total. The van der Waals surface area contributed by atoms with E-state index in [2.05, 4.69) is 15.0 Å². The fraction of sp³-hybridized carbons (Fsp3) is 0.238. The van der Waals surface area contributed by atoms with Crippen LogP contribution in [0.4, 0.5) is 0 Å². The van der Waals surface area contributed by atoms with E-state index in [1.807, 2.05) is 29.2 Å². The van der Waals surface area contributed by atoms with Crippen LogP contribution in [-0.4, -0.2) is 38.8 Å². The van der Waals surface area contributed by atoms with Crippen molar-refractivity contribution in [3.05, 3.63) is 77.5 Å². The number of hydrogen-bond acceptors (Lipinski definition) is 4. The third-order valence-electron chi connectivity index (χ3n) is 4.83. The minimum atomic E-state index is 0.0148. The Balaban J connectivity index is 1.62. The van der Waals surface area contributed by atoms with Crippen LogP contribution >= 0.6 is 11.6 Å². The zero-order valence-electron chi connectivity index (χ0n) is 14.8. The van der Waals surface area contributed by atoms with Gasteiger partial charge in [-0.15, -0.1) is 0 Å².